The van der Waals surface area contributed by atoms with Gasteiger partial charge in [-0.05, 0) is 6.92 Å². The molecule has 0 atom stereocenters. The zero-order valence-electron chi connectivity index (χ0n) is 15.7. The molecule has 2 rings (SSSR count). The number of nitrogens with one attached hydrogen (secondary N) is 4. The smallest absolute Gasteiger partial charge is 0.305 e. The van der Waals surface area contributed by atoms with Crippen molar-refractivity contribution in [2.24, 2.45) is 0 Å². The van der Waals surface area contributed by atoms with Crippen LogP contribution in [0.5, 0.6) is 0 Å². The second-order valence-electron chi connectivity index (χ2n) is 5.66. The Morgan fingerprint density at radius 2 is 1.14 bits per heavy atom. The lowest BCUT2D eigenvalue weighted by Gasteiger charge is -2.09. The van der Waals surface area contributed by atoms with E-state index < -0.39 is 11.9 Å². The molecule has 0 fully saturated rings. The average Bonchev–Trinajstić information content (AvgIpc) is 2.65. The predicted molar refractivity (Wildman–Crippen MR) is 103 cm³/mol. The van der Waals surface area contributed by atoms with Crippen molar-refractivity contribution in [2.45, 2.75) is 19.8 Å². The van der Waals surface area contributed by atoms with Crippen molar-refractivity contribution in [1.82, 2.24) is 29.9 Å². The lowest BCUT2D eigenvalue weighted by molar-refractivity contribution is -0.137. The van der Waals surface area contributed by atoms with E-state index in [1.54, 1.807) is 6.92 Å². The number of carbonyl (C=O) groups is 2. The Balaban J connectivity index is 1.77. The first kappa shape index (κ1) is 21.5. The molecular formula is C15H22N10O4. The Morgan fingerprint density at radius 1 is 0.724 bits per heavy atom. The van der Waals surface area contributed by atoms with Gasteiger partial charge in [-0.2, -0.15) is 19.9 Å². The Kier molecular flexibility index (Phi) is 8.22. The van der Waals surface area contributed by atoms with E-state index in [0.717, 1.165) is 0 Å². The summed E-state index contributed by atoms with van der Waals surface area (Å²) in [5, 5.41) is 28.9. The van der Waals surface area contributed by atoms with Gasteiger partial charge in [0.1, 0.15) is 12.2 Å². The van der Waals surface area contributed by atoms with E-state index in [2.05, 4.69) is 51.2 Å². The molecule has 156 valence electrons. The monoisotopic (exact) mass is 406 g/mol. The van der Waals surface area contributed by atoms with Crippen molar-refractivity contribution < 1.29 is 19.8 Å². The summed E-state index contributed by atoms with van der Waals surface area (Å²) in [5.74, 6) is -0.0733. The summed E-state index contributed by atoms with van der Waals surface area (Å²) in [4.78, 5) is 45.5. The van der Waals surface area contributed by atoms with Gasteiger partial charge in [0.25, 0.3) is 0 Å². The summed E-state index contributed by atoms with van der Waals surface area (Å²) in [6, 6.07) is 0. The highest BCUT2D eigenvalue weighted by Crippen LogP contribution is 2.05. The summed E-state index contributed by atoms with van der Waals surface area (Å²) < 4.78 is 0. The van der Waals surface area contributed by atoms with Gasteiger partial charge in [-0.25, -0.2) is 9.97 Å². The number of aliphatic carboxylic acids is 2. The van der Waals surface area contributed by atoms with Crippen molar-refractivity contribution in [1.29, 1.82) is 0 Å². The van der Waals surface area contributed by atoms with Crippen molar-refractivity contribution >= 4 is 35.7 Å². The highest BCUT2D eigenvalue weighted by Gasteiger charge is 2.05. The molecule has 0 amide bonds. The molecule has 0 spiro atoms. The highest BCUT2D eigenvalue weighted by molar-refractivity contribution is 5.67. The molecule has 0 radical (unpaired) electrons. The SMILES string of the molecule is Cc1nc(NCCNc2ncnc(NCCC(=O)O)n2)nc(NCCC(=O)O)n1. The van der Waals surface area contributed by atoms with Crippen LogP contribution in [-0.4, -0.2) is 78.2 Å². The van der Waals surface area contributed by atoms with Crippen molar-refractivity contribution in [2.75, 3.05) is 47.4 Å². The molecular weight excluding hydrogens is 384 g/mol. The van der Waals surface area contributed by atoms with Crippen molar-refractivity contribution in [3.8, 4) is 0 Å². The van der Waals surface area contributed by atoms with Crippen LogP contribution in [0.1, 0.15) is 18.7 Å². The molecule has 2 aromatic heterocycles. The summed E-state index contributed by atoms with van der Waals surface area (Å²) >= 11 is 0. The molecule has 0 bridgehead atoms. The number of carboxylic acid groups (broad SMARTS) is 2. The number of nitrogens with zero attached hydrogens (tertiary/aromatic N) is 6. The number of aryl methyl sites for hydroxylation is 1. The van der Waals surface area contributed by atoms with E-state index in [0.29, 0.717) is 36.8 Å². The molecule has 0 aromatic carbocycles. The van der Waals surface area contributed by atoms with E-state index in [9.17, 15) is 9.59 Å². The fourth-order valence-corrected chi connectivity index (χ4v) is 2.02. The van der Waals surface area contributed by atoms with Gasteiger partial charge in [-0.15, -0.1) is 0 Å². The van der Waals surface area contributed by atoms with Gasteiger partial charge in [0.05, 0.1) is 12.8 Å². The second kappa shape index (κ2) is 11.1. The van der Waals surface area contributed by atoms with Crippen LogP contribution in [0, 0.1) is 6.92 Å². The zero-order valence-corrected chi connectivity index (χ0v) is 15.7. The highest BCUT2D eigenvalue weighted by atomic mass is 16.4. The largest absolute Gasteiger partial charge is 0.481 e. The molecule has 2 heterocycles. The van der Waals surface area contributed by atoms with Gasteiger partial charge in [0.2, 0.25) is 23.8 Å². The maximum Gasteiger partial charge on any atom is 0.305 e. The first-order valence-electron chi connectivity index (χ1n) is 8.73. The zero-order chi connectivity index (χ0) is 21.1. The lowest BCUT2D eigenvalue weighted by atomic mass is 10.4. The molecule has 2 aromatic rings. The van der Waals surface area contributed by atoms with Crippen LogP contribution in [0.4, 0.5) is 23.8 Å². The van der Waals surface area contributed by atoms with Crippen LogP contribution in [0.25, 0.3) is 0 Å². The summed E-state index contributed by atoms with van der Waals surface area (Å²) in [6.07, 6.45) is 1.23. The van der Waals surface area contributed by atoms with Gasteiger partial charge < -0.3 is 31.5 Å². The quantitative estimate of drug-likeness (QED) is 0.236. The second-order valence-corrected chi connectivity index (χ2v) is 5.66. The van der Waals surface area contributed by atoms with E-state index in [1.807, 2.05) is 0 Å². The van der Waals surface area contributed by atoms with E-state index >= 15 is 0 Å². The molecule has 29 heavy (non-hydrogen) atoms. The van der Waals surface area contributed by atoms with E-state index in [4.69, 9.17) is 10.2 Å². The Labute approximate surface area is 165 Å². The van der Waals surface area contributed by atoms with Crippen LogP contribution in [0.2, 0.25) is 0 Å². The molecule has 0 unspecified atom stereocenters. The summed E-state index contributed by atoms with van der Waals surface area (Å²) in [5.41, 5.74) is 0. The molecule has 0 aliphatic carbocycles. The van der Waals surface area contributed by atoms with Crippen molar-refractivity contribution in [3.63, 3.8) is 0 Å². The minimum atomic E-state index is -0.912. The Morgan fingerprint density at radius 3 is 1.66 bits per heavy atom. The molecule has 0 aliphatic rings. The molecule has 0 aliphatic heterocycles. The third kappa shape index (κ3) is 8.59. The topological polar surface area (TPSA) is 200 Å². The number of anilines is 4. The molecule has 0 saturated heterocycles. The van der Waals surface area contributed by atoms with Crippen molar-refractivity contribution in [3.05, 3.63) is 12.2 Å². The van der Waals surface area contributed by atoms with Gasteiger partial charge in [-0.3, -0.25) is 9.59 Å². The maximum absolute atomic E-state index is 10.6. The molecule has 14 heteroatoms. The first-order chi connectivity index (χ1) is 13.9. The molecule has 6 N–H and O–H groups in total. The normalized spacial score (nSPS) is 10.2. The summed E-state index contributed by atoms with van der Waals surface area (Å²) in [7, 11) is 0. The van der Waals surface area contributed by atoms with Crippen LogP contribution in [-0.2, 0) is 9.59 Å². The number of hydrogen-bond acceptors (Lipinski definition) is 12. The molecule has 0 saturated carbocycles. The Hall–Kier alpha value is -3.84. The lowest BCUT2D eigenvalue weighted by Crippen LogP contribution is -2.18. The fourth-order valence-electron chi connectivity index (χ4n) is 2.02. The number of hydrogen-bond donors (Lipinski definition) is 6. The van der Waals surface area contributed by atoms with Crippen LogP contribution < -0.4 is 21.3 Å². The maximum atomic E-state index is 10.6. The predicted octanol–water partition coefficient (Wildman–Crippen LogP) is -0.338. The van der Waals surface area contributed by atoms with Crippen LogP contribution in [0.3, 0.4) is 0 Å². The van der Waals surface area contributed by atoms with Gasteiger partial charge >= 0.3 is 11.9 Å². The molecule has 14 nitrogen and oxygen atoms in total. The third-order valence-electron chi connectivity index (χ3n) is 3.25. The Bertz CT molecular complexity index is 834. The standard InChI is InChI=1S/C15H22N10O4/c1-9-22-14(17-5-3-11(28)29)25-15(23-9)19-7-6-18-13-21-8-20-12(24-13)16-4-2-10(26)27/h8H,2-7H2,1H3,(H,26,27)(H,28,29)(H2,16,18,20,21,24)(H2,17,19,22,23,25). The average molecular weight is 406 g/mol. The number of rotatable bonds is 13. The first-order valence-corrected chi connectivity index (χ1v) is 8.73. The number of aromatic nitrogens is 6. The van der Waals surface area contributed by atoms with Gasteiger partial charge in [-0.1, -0.05) is 0 Å². The van der Waals surface area contributed by atoms with Crippen LogP contribution in [0.15, 0.2) is 6.33 Å². The fraction of sp³-hybridized carbons (Fsp3) is 0.467. The van der Waals surface area contributed by atoms with E-state index in [1.165, 1.54) is 6.33 Å². The minimum Gasteiger partial charge on any atom is -0.481 e. The summed E-state index contributed by atoms with van der Waals surface area (Å²) in [6.45, 7) is 3.03. The van der Waals surface area contributed by atoms with E-state index in [-0.39, 0.29) is 31.9 Å². The number of carboxylic acids is 2. The third-order valence-corrected chi connectivity index (χ3v) is 3.25. The van der Waals surface area contributed by atoms with Gasteiger partial charge in [0.15, 0.2) is 0 Å². The van der Waals surface area contributed by atoms with Gasteiger partial charge in [0, 0.05) is 26.2 Å². The van der Waals surface area contributed by atoms with Crippen LogP contribution >= 0.6 is 0 Å². The minimum absolute atomic E-state index is 0.0448.